The van der Waals surface area contributed by atoms with Crippen molar-refractivity contribution in [1.82, 2.24) is 0 Å². The lowest BCUT2D eigenvalue weighted by atomic mass is 10.5. The van der Waals surface area contributed by atoms with Crippen molar-refractivity contribution in [2.24, 2.45) is 0 Å². The predicted octanol–water partition coefficient (Wildman–Crippen LogP) is 2.15. The Kier molecular flexibility index (Phi) is 1.13. The quantitative estimate of drug-likeness (QED) is 0.528. The highest BCUT2D eigenvalue weighted by Crippen LogP contribution is 2.44. The van der Waals surface area contributed by atoms with E-state index in [-0.39, 0.29) is 0 Å². The van der Waals surface area contributed by atoms with Gasteiger partial charge in [-0.25, -0.2) is 0 Å². The summed E-state index contributed by atoms with van der Waals surface area (Å²) < 4.78 is 0.370. The zero-order valence-electron chi connectivity index (χ0n) is 3.38. The van der Waals surface area contributed by atoms with Gasteiger partial charge in [-0.2, -0.15) is 0 Å². The Hall–Kier alpha value is 0.770. The average molecular weight is 169 g/mol. The monoisotopic (exact) mass is 168 g/mol. The van der Waals surface area contributed by atoms with Gasteiger partial charge >= 0.3 is 0 Å². The third kappa shape index (κ3) is 0.881. The third-order valence-electron chi connectivity index (χ3n) is 1.03. The summed E-state index contributed by atoms with van der Waals surface area (Å²) in [4.78, 5) is 0. The van der Waals surface area contributed by atoms with E-state index in [4.69, 9.17) is 11.6 Å². The summed E-state index contributed by atoms with van der Waals surface area (Å²) in [5.74, 6) is 0.771. The Morgan fingerprint density at radius 3 is 2.17 bits per heavy atom. The second kappa shape index (κ2) is 1.38. The van der Waals surface area contributed by atoms with Crippen molar-refractivity contribution < 1.29 is 0 Å². The van der Waals surface area contributed by atoms with Crippen molar-refractivity contribution in [2.45, 2.75) is 17.2 Å². The minimum atomic E-state index is 0.370. The van der Waals surface area contributed by atoms with Crippen LogP contribution in [0.25, 0.3) is 0 Å². The van der Waals surface area contributed by atoms with Crippen LogP contribution in [0.2, 0.25) is 0 Å². The van der Waals surface area contributed by atoms with Gasteiger partial charge in [0.25, 0.3) is 0 Å². The molecule has 0 aromatic heterocycles. The normalized spacial score (nSPS) is 27.0. The Morgan fingerprint density at radius 1 is 1.67 bits per heavy atom. The van der Waals surface area contributed by atoms with E-state index in [9.17, 15) is 0 Å². The summed E-state index contributed by atoms with van der Waals surface area (Å²) >= 11 is 8.95. The molecule has 1 fully saturated rings. The maximum atomic E-state index is 5.49. The maximum Gasteiger partial charge on any atom is 0.0394 e. The molecule has 0 unspecified atom stereocenters. The lowest BCUT2D eigenvalue weighted by Gasteiger charge is -1.92. The fourth-order valence-electron chi connectivity index (χ4n) is 0.269. The molecule has 0 radical (unpaired) electrons. The van der Waals surface area contributed by atoms with Crippen LogP contribution < -0.4 is 0 Å². The molecule has 1 rings (SSSR count). The van der Waals surface area contributed by atoms with Crippen LogP contribution in [-0.2, 0) is 0 Å². The Labute approximate surface area is 51.0 Å². The SMILES string of the molecule is ClCC1(Br)CC1. The first-order valence-corrected chi connectivity index (χ1v) is 3.34. The van der Waals surface area contributed by atoms with E-state index in [1.165, 1.54) is 12.8 Å². The molecule has 0 aliphatic heterocycles. The van der Waals surface area contributed by atoms with Gasteiger partial charge < -0.3 is 0 Å². The van der Waals surface area contributed by atoms with E-state index in [2.05, 4.69) is 15.9 Å². The summed E-state index contributed by atoms with van der Waals surface area (Å²) in [6, 6.07) is 0. The number of rotatable bonds is 1. The van der Waals surface area contributed by atoms with Crippen molar-refractivity contribution in [3.8, 4) is 0 Å². The van der Waals surface area contributed by atoms with Gasteiger partial charge in [-0.3, -0.25) is 0 Å². The molecule has 2 heteroatoms. The molecular weight excluding hydrogens is 163 g/mol. The first-order chi connectivity index (χ1) is 2.77. The largest absolute Gasteiger partial charge is 0.125 e. The van der Waals surface area contributed by atoms with E-state index < -0.39 is 0 Å². The molecule has 1 aliphatic rings. The second-order valence-electron chi connectivity index (χ2n) is 1.78. The van der Waals surface area contributed by atoms with E-state index in [0.717, 1.165) is 5.88 Å². The fourth-order valence-corrected chi connectivity index (χ4v) is 0.735. The molecule has 0 saturated heterocycles. The van der Waals surface area contributed by atoms with Crippen LogP contribution in [0.3, 0.4) is 0 Å². The van der Waals surface area contributed by atoms with Crippen molar-refractivity contribution in [1.29, 1.82) is 0 Å². The lowest BCUT2D eigenvalue weighted by Crippen LogP contribution is -1.94. The predicted molar refractivity (Wildman–Crippen MR) is 31.6 cm³/mol. The highest BCUT2D eigenvalue weighted by Gasteiger charge is 2.38. The summed E-state index contributed by atoms with van der Waals surface area (Å²) in [6.45, 7) is 0. The van der Waals surface area contributed by atoms with E-state index >= 15 is 0 Å². The van der Waals surface area contributed by atoms with Crippen molar-refractivity contribution >= 4 is 27.5 Å². The molecule has 6 heavy (non-hydrogen) atoms. The topological polar surface area (TPSA) is 0 Å². The molecule has 0 nitrogen and oxygen atoms in total. The zero-order chi connectivity index (χ0) is 4.62. The second-order valence-corrected chi connectivity index (χ2v) is 3.73. The first-order valence-electron chi connectivity index (χ1n) is 2.02. The van der Waals surface area contributed by atoms with E-state index in [1.54, 1.807) is 0 Å². The smallest absolute Gasteiger partial charge is 0.0394 e. The van der Waals surface area contributed by atoms with Gasteiger partial charge in [0.1, 0.15) is 0 Å². The molecule has 0 aromatic carbocycles. The molecule has 0 spiro atoms. The zero-order valence-corrected chi connectivity index (χ0v) is 5.72. The van der Waals surface area contributed by atoms with E-state index in [0.29, 0.717) is 4.32 Å². The molecule has 0 atom stereocenters. The first kappa shape index (κ1) is 4.92. The highest BCUT2D eigenvalue weighted by atomic mass is 79.9. The van der Waals surface area contributed by atoms with E-state index in [1.807, 2.05) is 0 Å². The van der Waals surface area contributed by atoms with Crippen LogP contribution in [0.1, 0.15) is 12.8 Å². The van der Waals surface area contributed by atoms with Crippen LogP contribution in [0.15, 0.2) is 0 Å². The molecule has 0 amide bonds. The van der Waals surface area contributed by atoms with Crippen LogP contribution >= 0.6 is 27.5 Å². The lowest BCUT2D eigenvalue weighted by molar-refractivity contribution is 1.09. The number of hydrogen-bond acceptors (Lipinski definition) is 0. The Bertz CT molecular complexity index is 58.6. The summed E-state index contributed by atoms with van der Waals surface area (Å²) in [7, 11) is 0. The molecular formula is C4H6BrCl. The average Bonchev–Trinajstić information content (AvgIpc) is 2.22. The van der Waals surface area contributed by atoms with Crippen LogP contribution in [0.4, 0.5) is 0 Å². The van der Waals surface area contributed by atoms with Crippen molar-refractivity contribution in [3.63, 3.8) is 0 Å². The molecule has 0 bridgehead atoms. The molecule has 36 valence electrons. The molecule has 0 N–H and O–H groups in total. The van der Waals surface area contributed by atoms with Crippen molar-refractivity contribution in [3.05, 3.63) is 0 Å². The molecule has 1 aliphatic carbocycles. The van der Waals surface area contributed by atoms with Gasteiger partial charge in [-0.15, -0.1) is 11.6 Å². The van der Waals surface area contributed by atoms with Crippen LogP contribution in [-0.4, -0.2) is 10.2 Å². The van der Waals surface area contributed by atoms with Gasteiger partial charge in [0.05, 0.1) is 0 Å². The third-order valence-corrected chi connectivity index (χ3v) is 2.94. The minimum absolute atomic E-state index is 0.370. The Balaban J connectivity index is 2.28. The molecule has 0 aromatic rings. The van der Waals surface area contributed by atoms with Crippen LogP contribution in [0, 0.1) is 0 Å². The van der Waals surface area contributed by atoms with Crippen LogP contribution in [0.5, 0.6) is 0 Å². The summed E-state index contributed by atoms with van der Waals surface area (Å²) in [6.07, 6.45) is 2.52. The van der Waals surface area contributed by atoms with Gasteiger partial charge in [-0.05, 0) is 12.8 Å². The maximum absolute atomic E-state index is 5.49. The number of alkyl halides is 2. The highest BCUT2D eigenvalue weighted by molar-refractivity contribution is 9.10. The minimum Gasteiger partial charge on any atom is -0.125 e. The number of halogens is 2. The Morgan fingerprint density at radius 2 is 2.17 bits per heavy atom. The van der Waals surface area contributed by atoms with Gasteiger partial charge in [0.15, 0.2) is 0 Å². The molecule has 0 heterocycles. The van der Waals surface area contributed by atoms with Gasteiger partial charge in [0.2, 0.25) is 0 Å². The van der Waals surface area contributed by atoms with Gasteiger partial charge in [0, 0.05) is 10.2 Å². The fraction of sp³-hybridized carbons (Fsp3) is 1.00. The molecule has 1 saturated carbocycles. The summed E-state index contributed by atoms with van der Waals surface area (Å²) in [5.41, 5.74) is 0. The summed E-state index contributed by atoms with van der Waals surface area (Å²) in [5, 5.41) is 0. The standard InChI is InChI=1S/C4H6BrCl/c5-4(3-6)1-2-4/h1-3H2. The number of hydrogen-bond donors (Lipinski definition) is 0. The van der Waals surface area contributed by atoms with Gasteiger partial charge in [-0.1, -0.05) is 15.9 Å². The van der Waals surface area contributed by atoms with Crippen molar-refractivity contribution in [2.75, 3.05) is 5.88 Å².